The Morgan fingerprint density at radius 2 is 1.68 bits per heavy atom. The van der Waals surface area contributed by atoms with Crippen molar-refractivity contribution in [1.82, 2.24) is 0 Å². The molecule has 0 amide bonds. The molecule has 0 saturated carbocycles. The van der Waals surface area contributed by atoms with Gasteiger partial charge in [-0.15, -0.1) is 0 Å². The van der Waals surface area contributed by atoms with E-state index in [1.54, 1.807) is 30.3 Å². The highest BCUT2D eigenvalue weighted by Gasteiger charge is 2.16. The van der Waals surface area contributed by atoms with Gasteiger partial charge in [0.2, 0.25) is 0 Å². The molecule has 2 rings (SSSR count). The average Bonchev–Trinajstić information content (AvgIpc) is 2.39. The quantitative estimate of drug-likeness (QED) is 0.930. The van der Waals surface area contributed by atoms with E-state index in [1.807, 2.05) is 0 Å². The summed E-state index contributed by atoms with van der Waals surface area (Å²) < 4.78 is 24.4. The average molecular weight is 276 g/mol. The molecule has 0 unspecified atom stereocenters. The molecule has 0 bridgehead atoms. The number of carboxylic acids is 1. The summed E-state index contributed by atoms with van der Waals surface area (Å²) in [7, 11) is -3.53. The summed E-state index contributed by atoms with van der Waals surface area (Å²) in [5.41, 5.74) is 0.636. The van der Waals surface area contributed by atoms with E-state index in [9.17, 15) is 13.2 Å². The molecular weight excluding hydrogens is 264 g/mol. The third kappa shape index (κ3) is 3.20. The van der Waals surface area contributed by atoms with Gasteiger partial charge in [0.1, 0.15) is 0 Å². The molecule has 4 nitrogen and oxygen atoms in total. The molecule has 98 valence electrons. The normalized spacial score (nSPS) is 11.2. The Morgan fingerprint density at radius 3 is 2.32 bits per heavy atom. The minimum Gasteiger partial charge on any atom is -0.478 e. The Labute approximate surface area is 111 Å². The van der Waals surface area contributed by atoms with Gasteiger partial charge in [-0.2, -0.15) is 0 Å². The molecule has 0 saturated heterocycles. The molecule has 1 N–H and O–H groups in total. The van der Waals surface area contributed by atoms with E-state index in [-0.39, 0.29) is 16.2 Å². The van der Waals surface area contributed by atoms with Gasteiger partial charge in [0, 0.05) is 0 Å². The molecule has 0 atom stereocenters. The van der Waals surface area contributed by atoms with E-state index in [0.717, 1.165) is 0 Å². The number of sulfone groups is 1. The molecule has 0 aliphatic heterocycles. The first-order valence-corrected chi connectivity index (χ1v) is 7.24. The third-order valence-electron chi connectivity index (χ3n) is 2.64. The molecule has 0 radical (unpaired) electrons. The predicted octanol–water partition coefficient (Wildman–Crippen LogP) is 2.36. The molecule has 0 aliphatic rings. The summed E-state index contributed by atoms with van der Waals surface area (Å²) in [6.45, 7) is 0. The Hall–Kier alpha value is -2.14. The van der Waals surface area contributed by atoms with Gasteiger partial charge < -0.3 is 5.11 Å². The van der Waals surface area contributed by atoms with Crippen LogP contribution in [0.5, 0.6) is 0 Å². The van der Waals surface area contributed by atoms with Crippen molar-refractivity contribution in [2.45, 2.75) is 10.6 Å². The fourth-order valence-corrected chi connectivity index (χ4v) is 3.09. The lowest BCUT2D eigenvalue weighted by atomic mass is 10.2. The fourth-order valence-electron chi connectivity index (χ4n) is 1.70. The molecule has 0 fully saturated rings. The first-order chi connectivity index (χ1) is 8.99. The van der Waals surface area contributed by atoms with Gasteiger partial charge in [0.15, 0.2) is 9.84 Å². The number of carbonyl (C=O) groups is 1. The largest absolute Gasteiger partial charge is 0.478 e. The number of hydrogen-bond donors (Lipinski definition) is 1. The number of benzene rings is 2. The molecule has 19 heavy (non-hydrogen) atoms. The Balaban J connectivity index is 2.35. The van der Waals surface area contributed by atoms with Gasteiger partial charge in [-0.1, -0.05) is 36.4 Å². The number of carboxylic acid groups (broad SMARTS) is 1. The number of rotatable bonds is 4. The maximum absolute atomic E-state index is 12.2. The van der Waals surface area contributed by atoms with Crippen LogP contribution in [-0.4, -0.2) is 19.5 Å². The summed E-state index contributed by atoms with van der Waals surface area (Å²) in [6, 6.07) is 14.2. The zero-order valence-electron chi connectivity index (χ0n) is 9.98. The van der Waals surface area contributed by atoms with Crippen molar-refractivity contribution in [2.24, 2.45) is 0 Å². The van der Waals surface area contributed by atoms with E-state index in [4.69, 9.17) is 5.11 Å². The summed E-state index contributed by atoms with van der Waals surface area (Å²) in [5, 5.41) is 8.87. The van der Waals surface area contributed by atoms with Crippen molar-refractivity contribution in [2.75, 3.05) is 0 Å². The summed E-state index contributed by atoms with van der Waals surface area (Å²) in [4.78, 5) is 10.9. The van der Waals surface area contributed by atoms with Crippen LogP contribution in [0, 0.1) is 0 Å². The van der Waals surface area contributed by atoms with Gasteiger partial charge in [0.25, 0.3) is 0 Å². The van der Waals surface area contributed by atoms with Crippen LogP contribution in [0.25, 0.3) is 0 Å². The lowest BCUT2D eigenvalue weighted by Crippen LogP contribution is -2.06. The minimum atomic E-state index is -3.53. The fraction of sp³-hybridized carbons (Fsp3) is 0.0714. The topological polar surface area (TPSA) is 71.4 Å². The van der Waals surface area contributed by atoms with Crippen molar-refractivity contribution in [1.29, 1.82) is 0 Å². The van der Waals surface area contributed by atoms with Gasteiger partial charge in [-0.05, 0) is 23.8 Å². The molecule has 2 aromatic rings. The van der Waals surface area contributed by atoms with Gasteiger partial charge in [-0.3, -0.25) is 0 Å². The number of hydrogen-bond acceptors (Lipinski definition) is 3. The Bertz CT molecular complexity index is 690. The number of aromatic carboxylic acids is 1. The highest BCUT2D eigenvalue weighted by molar-refractivity contribution is 7.90. The van der Waals surface area contributed by atoms with Crippen LogP contribution in [0.2, 0.25) is 0 Å². The predicted molar refractivity (Wildman–Crippen MR) is 70.7 cm³/mol. The maximum Gasteiger partial charge on any atom is 0.335 e. The van der Waals surface area contributed by atoms with Crippen molar-refractivity contribution < 1.29 is 18.3 Å². The highest BCUT2D eigenvalue weighted by Crippen LogP contribution is 2.17. The molecular formula is C14H12O4S. The summed E-state index contributed by atoms with van der Waals surface area (Å²) in [5.74, 6) is -1.28. The highest BCUT2D eigenvalue weighted by atomic mass is 32.2. The second-order valence-corrected chi connectivity index (χ2v) is 6.07. The van der Waals surface area contributed by atoms with Crippen LogP contribution < -0.4 is 0 Å². The molecule has 2 aromatic carbocycles. The van der Waals surface area contributed by atoms with Crippen LogP contribution in [0.15, 0.2) is 59.5 Å². The summed E-state index contributed by atoms with van der Waals surface area (Å²) >= 11 is 0. The van der Waals surface area contributed by atoms with Crippen molar-refractivity contribution in [3.05, 3.63) is 65.7 Å². The maximum atomic E-state index is 12.2. The second kappa shape index (κ2) is 5.24. The van der Waals surface area contributed by atoms with Gasteiger partial charge in [-0.25, -0.2) is 13.2 Å². The van der Waals surface area contributed by atoms with Crippen LogP contribution in [0.3, 0.4) is 0 Å². The van der Waals surface area contributed by atoms with E-state index >= 15 is 0 Å². The van der Waals surface area contributed by atoms with E-state index in [2.05, 4.69) is 0 Å². The van der Waals surface area contributed by atoms with Gasteiger partial charge in [0.05, 0.1) is 16.2 Å². The first kappa shape index (κ1) is 13.3. The van der Waals surface area contributed by atoms with Crippen molar-refractivity contribution in [3.63, 3.8) is 0 Å². The zero-order valence-corrected chi connectivity index (χ0v) is 10.8. The molecule has 0 heterocycles. The zero-order chi connectivity index (χ0) is 13.9. The third-order valence-corrected chi connectivity index (χ3v) is 4.33. The van der Waals surface area contributed by atoms with E-state index < -0.39 is 15.8 Å². The lowest BCUT2D eigenvalue weighted by molar-refractivity contribution is 0.0696. The van der Waals surface area contributed by atoms with E-state index in [1.165, 1.54) is 24.3 Å². The minimum absolute atomic E-state index is 0.0243. The SMILES string of the molecule is O=C(O)c1cccc(S(=O)(=O)Cc2ccccc2)c1. The monoisotopic (exact) mass is 276 g/mol. The first-order valence-electron chi connectivity index (χ1n) is 5.59. The molecule has 0 aliphatic carbocycles. The van der Waals surface area contributed by atoms with Crippen LogP contribution in [0.1, 0.15) is 15.9 Å². The second-order valence-electron chi connectivity index (χ2n) is 4.08. The standard InChI is InChI=1S/C14H12O4S/c15-14(16)12-7-4-8-13(9-12)19(17,18)10-11-5-2-1-3-6-11/h1-9H,10H2,(H,15,16). The lowest BCUT2D eigenvalue weighted by Gasteiger charge is -2.05. The molecule has 5 heteroatoms. The van der Waals surface area contributed by atoms with Crippen molar-refractivity contribution >= 4 is 15.8 Å². The van der Waals surface area contributed by atoms with Gasteiger partial charge >= 0.3 is 5.97 Å². The molecule has 0 aromatic heterocycles. The van der Waals surface area contributed by atoms with Crippen molar-refractivity contribution in [3.8, 4) is 0 Å². The van der Waals surface area contributed by atoms with Crippen LogP contribution in [0.4, 0.5) is 0 Å². The smallest absolute Gasteiger partial charge is 0.335 e. The summed E-state index contributed by atoms with van der Waals surface area (Å²) in [6.07, 6.45) is 0. The van der Waals surface area contributed by atoms with Crippen LogP contribution >= 0.6 is 0 Å². The van der Waals surface area contributed by atoms with E-state index in [0.29, 0.717) is 5.56 Å². The molecule has 0 spiro atoms. The Morgan fingerprint density at radius 1 is 1.00 bits per heavy atom. The Kier molecular flexibility index (Phi) is 3.66. The van der Waals surface area contributed by atoms with Crippen LogP contribution in [-0.2, 0) is 15.6 Å².